The van der Waals surface area contributed by atoms with E-state index in [1.165, 1.54) is 0 Å². The molecule has 0 amide bonds. The molecule has 32 heteroatoms. The van der Waals surface area contributed by atoms with E-state index < -0.39 is 46.6 Å². The van der Waals surface area contributed by atoms with Gasteiger partial charge in [0.05, 0.1) is 45.0 Å². The Balaban J connectivity index is 0.000000186. The van der Waals surface area contributed by atoms with Crippen molar-refractivity contribution >= 4 is 92.8 Å². The normalized spacial score (nSPS) is 16.3. The van der Waals surface area contributed by atoms with Gasteiger partial charge >= 0.3 is 46.6 Å². The van der Waals surface area contributed by atoms with Crippen LogP contribution in [0.5, 0.6) is 0 Å². The minimum atomic E-state index is -0.723. The minimum Gasteiger partial charge on any atom is -0.396 e. The van der Waals surface area contributed by atoms with Crippen LogP contribution in [-0.4, -0.2) is 0 Å². The Kier molecular flexibility index (Phi) is 29.1. The predicted molar refractivity (Wildman–Crippen MR) is 323 cm³/mol. The van der Waals surface area contributed by atoms with Crippen LogP contribution >= 0.6 is 92.8 Å². The van der Waals surface area contributed by atoms with Gasteiger partial charge in [0, 0.05) is 30.2 Å². The van der Waals surface area contributed by atoms with E-state index in [0.717, 1.165) is 69.8 Å². The van der Waals surface area contributed by atoms with Crippen LogP contribution in [0, 0.1) is 20.8 Å². The maximum Gasteiger partial charge on any atom is 0.519 e. The molecule has 0 N–H and O–H groups in total. The zero-order chi connectivity index (χ0) is 65.7. The molecule has 0 spiro atoms. The molecule has 12 rings (SSSR count). The average molecular weight is 1410 g/mol. The Bertz CT molecular complexity index is 3990. The van der Waals surface area contributed by atoms with E-state index in [9.17, 15) is 38.4 Å². The number of halogens is 8. The predicted octanol–water partition coefficient (Wildman–Crippen LogP) is 15.6. The summed E-state index contributed by atoms with van der Waals surface area (Å²) >= 11 is 45.3. The van der Waals surface area contributed by atoms with Gasteiger partial charge in [-0.15, -0.1) is 92.8 Å². The molecule has 9 aromatic rings. The van der Waals surface area contributed by atoms with E-state index in [1.54, 1.807) is 27.7 Å². The molecule has 4 unspecified atom stereocenters. The van der Waals surface area contributed by atoms with Crippen molar-refractivity contribution in [3.63, 3.8) is 0 Å². The summed E-state index contributed by atoms with van der Waals surface area (Å²) in [5, 5.41) is -0.895. The molecule has 488 valence electrons. The van der Waals surface area contributed by atoms with Gasteiger partial charge in [-0.05, 0) is 66.2 Å². The molecule has 1 aromatic carbocycles. The summed E-state index contributed by atoms with van der Waals surface area (Å²) < 4.78 is 75.3. The summed E-state index contributed by atoms with van der Waals surface area (Å²) in [5.41, 5.74) is 0.654. The van der Waals surface area contributed by atoms with Crippen molar-refractivity contribution < 1.29 is 70.7 Å². The number of hydrogen-bond donors (Lipinski definition) is 0. The van der Waals surface area contributed by atoms with Gasteiger partial charge in [0.2, 0.25) is 0 Å². The lowest BCUT2D eigenvalue weighted by molar-refractivity contribution is 0.320. The molecule has 8 heterocycles. The summed E-state index contributed by atoms with van der Waals surface area (Å²) in [4.78, 5) is 84.6. The SMILES string of the molecule is CC1(C)CCC(Cl)c2oc(=O)oc21.CCc1oc(=O)oc1CCl.Cc1oc(=O)oc1C(C)Cl.Cc1oc(=O)oc1CCl.Cc1oc(=O)oc1CCl.O=c1oc(CCl)c(-c2ccccc2)o1.O=c1oc2c(o1)C(Cl)CCC2.O=c1oc2c(o1)C(Cl)CCCCC2. The molecule has 0 radical (unpaired) electrons. The molecular formula is C57H60Cl8O24. The molecule has 0 bridgehead atoms. The first kappa shape index (κ1) is 73.4. The van der Waals surface area contributed by atoms with E-state index in [-0.39, 0.29) is 50.4 Å². The molecule has 8 aromatic heterocycles. The molecule has 4 atom stereocenters. The van der Waals surface area contributed by atoms with Crippen LogP contribution in [0.3, 0.4) is 0 Å². The van der Waals surface area contributed by atoms with Gasteiger partial charge in [0.15, 0.2) is 74.9 Å². The zero-order valence-corrected chi connectivity index (χ0v) is 54.7. The smallest absolute Gasteiger partial charge is 0.396 e. The fraction of sp³-hybridized carbons (Fsp3) is 0.474. The van der Waals surface area contributed by atoms with Gasteiger partial charge in [-0.2, -0.15) is 0 Å². The third kappa shape index (κ3) is 21.9. The number of benzene rings is 1. The van der Waals surface area contributed by atoms with Gasteiger partial charge in [0.1, 0.15) is 17.3 Å². The van der Waals surface area contributed by atoms with Gasteiger partial charge in [-0.25, -0.2) is 38.4 Å². The number of rotatable bonds is 7. The van der Waals surface area contributed by atoms with Crippen LogP contribution in [0.25, 0.3) is 11.3 Å². The van der Waals surface area contributed by atoms with E-state index in [2.05, 4.69) is 35.3 Å². The summed E-state index contributed by atoms with van der Waals surface area (Å²) in [5.74, 6) is 3.09. The van der Waals surface area contributed by atoms with E-state index in [0.29, 0.717) is 98.6 Å². The summed E-state index contributed by atoms with van der Waals surface area (Å²) in [6.45, 7) is 12.5. The van der Waals surface area contributed by atoms with Gasteiger partial charge < -0.3 is 70.7 Å². The van der Waals surface area contributed by atoms with E-state index in [1.807, 2.05) is 51.1 Å². The highest BCUT2D eigenvalue weighted by Gasteiger charge is 2.38. The van der Waals surface area contributed by atoms with Crippen molar-refractivity contribution in [1.29, 1.82) is 0 Å². The molecule has 0 aliphatic heterocycles. The van der Waals surface area contributed by atoms with Crippen molar-refractivity contribution in [1.82, 2.24) is 0 Å². The lowest BCUT2D eigenvalue weighted by Crippen LogP contribution is -2.23. The Morgan fingerprint density at radius 1 is 0.449 bits per heavy atom. The Hall–Kier alpha value is -6.38. The molecule has 3 aliphatic rings. The molecule has 0 saturated carbocycles. The Labute approximate surface area is 542 Å². The first-order valence-electron chi connectivity index (χ1n) is 27.0. The number of fused-ring (bicyclic) bond motifs is 3. The molecule has 3 aliphatic carbocycles. The third-order valence-corrected chi connectivity index (χ3v) is 15.1. The van der Waals surface area contributed by atoms with Crippen LogP contribution in [0.1, 0.15) is 187 Å². The van der Waals surface area contributed by atoms with Crippen molar-refractivity contribution in [2.75, 3.05) is 0 Å². The lowest BCUT2D eigenvalue weighted by Gasteiger charge is -2.28. The Morgan fingerprint density at radius 2 is 0.865 bits per heavy atom. The van der Waals surface area contributed by atoms with Crippen LogP contribution in [0.4, 0.5) is 0 Å². The zero-order valence-electron chi connectivity index (χ0n) is 48.6. The number of aryl methyl sites for hydroxylation is 6. The number of hydrogen-bond acceptors (Lipinski definition) is 24. The van der Waals surface area contributed by atoms with Crippen molar-refractivity contribution in [3.8, 4) is 11.3 Å². The van der Waals surface area contributed by atoms with Gasteiger partial charge in [0.25, 0.3) is 0 Å². The highest BCUT2D eigenvalue weighted by Crippen LogP contribution is 2.44. The maximum atomic E-state index is 10.9. The lowest BCUT2D eigenvalue weighted by atomic mass is 9.79. The molecule has 0 saturated heterocycles. The van der Waals surface area contributed by atoms with Crippen molar-refractivity contribution in [3.05, 3.63) is 202 Å². The van der Waals surface area contributed by atoms with Crippen LogP contribution in [-0.2, 0) is 48.2 Å². The summed E-state index contributed by atoms with van der Waals surface area (Å²) in [7, 11) is 0. The molecule has 89 heavy (non-hydrogen) atoms. The van der Waals surface area contributed by atoms with Crippen LogP contribution < -0.4 is 46.6 Å². The van der Waals surface area contributed by atoms with Crippen LogP contribution in [0.2, 0.25) is 0 Å². The molecular weight excluding hydrogens is 1350 g/mol. The van der Waals surface area contributed by atoms with Gasteiger partial charge in [-0.3, -0.25) is 0 Å². The first-order chi connectivity index (χ1) is 42.2. The van der Waals surface area contributed by atoms with Crippen molar-refractivity contribution in [2.24, 2.45) is 0 Å². The van der Waals surface area contributed by atoms with E-state index >= 15 is 0 Å². The summed E-state index contributed by atoms with van der Waals surface area (Å²) in [6.07, 6.45) is 9.85. The fourth-order valence-electron chi connectivity index (χ4n) is 8.28. The number of alkyl halides is 8. The highest BCUT2D eigenvalue weighted by molar-refractivity contribution is 6.21. The average Bonchev–Trinajstić information content (AvgIpc) is 2.22. The highest BCUT2D eigenvalue weighted by atomic mass is 35.5. The standard InChI is InChI=1S/C10H7ClO3.2C9H11ClO3.C7H7ClO3.2C6H7ClO3.2C5H5ClO3/c11-6-8-9(14-10(12)13-8)7-4-2-1-3-5-7;1-9(2)4-3-5(10)6-7(9)13-8(11)12-6;10-6-4-2-1-3-5-7-8(6)13-9(11)12-7;8-4-2-1-3-5-6(4)11-7(9)10-5;1-3(7)5-4(2)9-6(8)10-5;1-2-4-5(3-7)10-6(8)9-4;2*1-3-4(2-6)9-5(7)8-3/h1-5H,6H2;5H,3-4H2,1-2H3;6H,1-5H2;4H,1-3H2;3H,1-2H3;2-3H2,1H3;2*2H2,1H3. The molecule has 24 nitrogen and oxygen atoms in total. The minimum absolute atomic E-state index is 0.121. The monoisotopic (exact) mass is 1410 g/mol. The van der Waals surface area contributed by atoms with Crippen molar-refractivity contribution in [2.45, 2.75) is 170 Å². The molecule has 0 fully saturated rings. The van der Waals surface area contributed by atoms with E-state index in [4.69, 9.17) is 128 Å². The van der Waals surface area contributed by atoms with Crippen LogP contribution in [0.15, 0.2) is 139 Å². The second-order valence-corrected chi connectivity index (χ2v) is 22.9. The largest absolute Gasteiger partial charge is 0.519 e. The topological polar surface area (TPSA) is 347 Å². The first-order valence-corrected chi connectivity index (χ1v) is 30.9. The maximum absolute atomic E-state index is 10.9. The third-order valence-electron chi connectivity index (χ3n) is 12.7. The summed E-state index contributed by atoms with van der Waals surface area (Å²) in [6, 6.07) is 9.22. The second kappa shape index (κ2) is 35.3. The van der Waals surface area contributed by atoms with Gasteiger partial charge in [-0.1, -0.05) is 63.9 Å². The quantitative estimate of drug-likeness (QED) is 0.134. The Morgan fingerprint density at radius 3 is 1.30 bits per heavy atom. The second-order valence-electron chi connectivity index (χ2n) is 19.6. The fourth-order valence-corrected chi connectivity index (χ4v) is 10.2.